The van der Waals surface area contributed by atoms with Crippen LogP contribution in [0.15, 0.2) is 81.6 Å². The van der Waals surface area contributed by atoms with Crippen molar-refractivity contribution in [2.24, 2.45) is 0 Å². The van der Waals surface area contributed by atoms with E-state index in [1.165, 1.54) is 128 Å². The van der Waals surface area contributed by atoms with Crippen LogP contribution in [0.3, 0.4) is 0 Å². The summed E-state index contributed by atoms with van der Waals surface area (Å²) in [6.07, 6.45) is 37.5. The van der Waals surface area contributed by atoms with E-state index in [9.17, 15) is 19.2 Å². The summed E-state index contributed by atoms with van der Waals surface area (Å²) in [5.74, 6) is 6.68. The smallest absolute Gasteiger partial charge is 0.261 e. The minimum absolute atomic E-state index is 0.0648. The predicted molar refractivity (Wildman–Crippen MR) is 348 cm³/mol. The summed E-state index contributed by atoms with van der Waals surface area (Å²) in [5.41, 5.74) is 5.23. The Morgan fingerprint density at radius 3 is 0.793 bits per heavy atom. The van der Waals surface area contributed by atoms with Gasteiger partial charge in [0.15, 0.2) is 0 Å². The zero-order valence-electron chi connectivity index (χ0n) is 50.3. The molecule has 82 heavy (non-hydrogen) atoms. The van der Waals surface area contributed by atoms with Crippen LogP contribution in [0, 0.1) is 11.8 Å². The fourth-order valence-electron chi connectivity index (χ4n) is 12.3. The molecule has 4 aliphatic rings. The molecule has 4 amide bonds. The first-order valence-electron chi connectivity index (χ1n) is 32.4. The molecule has 442 valence electrons. The molecule has 8 nitrogen and oxygen atoms in total. The summed E-state index contributed by atoms with van der Waals surface area (Å²) in [4.78, 5) is 73.0. The van der Waals surface area contributed by atoms with Crippen LogP contribution in [-0.4, -0.2) is 69.4 Å². The van der Waals surface area contributed by atoms with Crippen LogP contribution in [-0.2, 0) is 19.2 Å². The molecule has 0 saturated heterocycles. The number of amides is 4. The number of nitrogens with zero attached hydrogens (tertiary/aromatic N) is 4. The Labute approximate surface area is 509 Å². The van der Waals surface area contributed by atoms with E-state index >= 15 is 0 Å². The quantitative estimate of drug-likeness (QED) is 0.0328. The van der Waals surface area contributed by atoms with Gasteiger partial charge in [0.1, 0.15) is 0 Å². The highest BCUT2D eigenvalue weighted by molar-refractivity contribution is 7.14. The molecule has 4 aromatic heterocycles. The first kappa shape index (κ1) is 63.2. The molecule has 12 heteroatoms. The van der Waals surface area contributed by atoms with Gasteiger partial charge in [-0.2, -0.15) is 0 Å². The first-order valence-corrected chi connectivity index (χ1v) is 35.8. The SMILES string of the molecule is CCCCCCCCCCN1C(=O)C2=C(c3ccc(C#Cc4ccc(C5=C6C(=O)N(CCCCCCCCCC)C(c7cccs7)=C6C(=O)N5CCCCCCCCCC)s4)s3)N(CCCCCCCCCC)C(=O)C2=C1c1cccs1. The summed E-state index contributed by atoms with van der Waals surface area (Å²) in [6, 6.07) is 16.3. The Balaban J connectivity index is 1.06. The number of fused-ring (bicyclic) bond motifs is 2. The van der Waals surface area contributed by atoms with Crippen molar-refractivity contribution in [1.82, 2.24) is 19.6 Å². The van der Waals surface area contributed by atoms with E-state index in [2.05, 4.69) is 63.8 Å². The molecular weight excluding hydrogens is 1090 g/mol. The molecule has 0 unspecified atom stereocenters. The molecule has 0 aliphatic carbocycles. The van der Waals surface area contributed by atoms with Gasteiger partial charge in [-0.15, -0.1) is 45.3 Å². The maximum absolute atomic E-state index is 15.0. The predicted octanol–water partition coefficient (Wildman–Crippen LogP) is 19.5. The van der Waals surface area contributed by atoms with Gasteiger partial charge in [-0.05, 0) is 84.7 Å². The van der Waals surface area contributed by atoms with Gasteiger partial charge in [-0.3, -0.25) is 19.2 Å². The van der Waals surface area contributed by atoms with Crippen molar-refractivity contribution in [2.45, 2.75) is 233 Å². The van der Waals surface area contributed by atoms with Crippen molar-refractivity contribution in [3.8, 4) is 11.8 Å². The van der Waals surface area contributed by atoms with Crippen LogP contribution >= 0.6 is 45.3 Å². The lowest BCUT2D eigenvalue weighted by molar-refractivity contribution is -0.124. The van der Waals surface area contributed by atoms with Crippen LogP contribution in [0.1, 0.15) is 262 Å². The molecule has 0 atom stereocenters. The number of hydrogen-bond acceptors (Lipinski definition) is 8. The van der Waals surface area contributed by atoms with Crippen LogP contribution < -0.4 is 0 Å². The number of carbonyl (C=O) groups is 4. The molecule has 8 heterocycles. The average Bonchev–Trinajstić information content (AvgIpc) is 2.99. The summed E-state index contributed by atoms with van der Waals surface area (Å²) in [7, 11) is 0. The van der Waals surface area contributed by atoms with Crippen molar-refractivity contribution in [3.63, 3.8) is 0 Å². The number of rotatable bonds is 40. The van der Waals surface area contributed by atoms with E-state index in [0.717, 1.165) is 129 Å². The van der Waals surface area contributed by atoms with Gasteiger partial charge < -0.3 is 19.6 Å². The third-order valence-corrected chi connectivity index (χ3v) is 20.6. The number of thiophene rings is 4. The highest BCUT2D eigenvalue weighted by Crippen LogP contribution is 2.50. The van der Waals surface area contributed by atoms with Crippen LogP contribution in [0.5, 0.6) is 0 Å². The third-order valence-electron chi connectivity index (χ3n) is 16.8. The standard InChI is InChI=1S/C70H94N4O4S4/c1-5-9-13-17-21-25-29-33-47-71-63(55-39-37-51-79-55)59-61(69(71)77)65(73(67(59)75)49-35-31-27-23-19-15-11-7-3)57-45-43-53(81-57)41-42-54-44-46-58(82-54)66-62-60(68(76)74(66)50-36-32-28-24-20-16-12-8-4)64(56-40-38-52-80-56)72(70(62)78)48-34-30-26-22-18-14-10-6-2/h37-40,43-46,51-52H,5-36,47-50H2,1-4H3. The third kappa shape index (κ3) is 16.1. The largest absolute Gasteiger partial charge is 0.306 e. The summed E-state index contributed by atoms with van der Waals surface area (Å²) in [6.45, 7) is 11.3. The molecule has 0 N–H and O–H groups in total. The van der Waals surface area contributed by atoms with Crippen molar-refractivity contribution in [1.29, 1.82) is 0 Å². The maximum Gasteiger partial charge on any atom is 0.261 e. The van der Waals surface area contributed by atoms with Crippen molar-refractivity contribution >= 4 is 91.8 Å². The Kier molecular flexibility index (Phi) is 25.9. The topological polar surface area (TPSA) is 81.2 Å². The molecule has 4 aromatic rings. The fourth-order valence-corrected chi connectivity index (χ4v) is 15.7. The van der Waals surface area contributed by atoms with E-state index in [4.69, 9.17) is 0 Å². The zero-order chi connectivity index (χ0) is 57.5. The Morgan fingerprint density at radius 2 is 0.549 bits per heavy atom. The lowest BCUT2D eigenvalue weighted by atomic mass is 10.1. The van der Waals surface area contributed by atoms with Crippen LogP contribution in [0.2, 0.25) is 0 Å². The molecular formula is C70H94N4O4S4. The molecule has 0 spiro atoms. The maximum atomic E-state index is 15.0. The van der Waals surface area contributed by atoms with Crippen molar-refractivity contribution in [3.05, 3.63) is 111 Å². The van der Waals surface area contributed by atoms with E-state index in [0.29, 0.717) is 48.5 Å². The first-order chi connectivity index (χ1) is 40.3. The second-order valence-corrected chi connectivity index (χ2v) is 27.2. The summed E-state index contributed by atoms with van der Waals surface area (Å²) < 4.78 is 0. The van der Waals surface area contributed by atoms with E-state index in [1.807, 2.05) is 54.6 Å². The van der Waals surface area contributed by atoms with Gasteiger partial charge in [0, 0.05) is 26.2 Å². The van der Waals surface area contributed by atoms with Gasteiger partial charge in [-0.1, -0.05) is 220 Å². The Hall–Kier alpha value is -4.80. The van der Waals surface area contributed by atoms with Gasteiger partial charge >= 0.3 is 0 Å². The average molecular weight is 1180 g/mol. The molecule has 0 saturated carbocycles. The van der Waals surface area contributed by atoms with Gasteiger partial charge in [0.2, 0.25) is 0 Å². The lowest BCUT2D eigenvalue weighted by Crippen LogP contribution is -2.30. The normalized spacial score (nSPS) is 15.3. The van der Waals surface area contributed by atoms with Crippen LogP contribution in [0.4, 0.5) is 0 Å². The zero-order valence-corrected chi connectivity index (χ0v) is 53.6. The number of unbranched alkanes of at least 4 members (excludes halogenated alkanes) is 28. The molecule has 0 bridgehead atoms. The molecule has 0 radical (unpaired) electrons. The second kappa shape index (κ2) is 33.6. The molecule has 0 fully saturated rings. The van der Waals surface area contributed by atoms with E-state index < -0.39 is 0 Å². The summed E-state index contributed by atoms with van der Waals surface area (Å²) >= 11 is 6.27. The number of carbonyl (C=O) groups excluding carboxylic acids is 4. The van der Waals surface area contributed by atoms with Gasteiger partial charge in [0.05, 0.1) is 74.3 Å². The van der Waals surface area contributed by atoms with Gasteiger partial charge in [0.25, 0.3) is 23.6 Å². The van der Waals surface area contributed by atoms with Gasteiger partial charge in [-0.25, -0.2) is 0 Å². The van der Waals surface area contributed by atoms with Crippen molar-refractivity contribution < 1.29 is 19.2 Å². The molecule has 4 aliphatic heterocycles. The lowest BCUT2D eigenvalue weighted by Gasteiger charge is -2.24. The second-order valence-electron chi connectivity index (χ2n) is 23.2. The minimum atomic E-state index is -0.0648. The highest BCUT2D eigenvalue weighted by atomic mass is 32.1. The fraction of sp³-hybridized carbons (Fsp3) is 0.571. The van der Waals surface area contributed by atoms with Crippen LogP contribution in [0.25, 0.3) is 22.8 Å². The van der Waals surface area contributed by atoms with E-state index in [1.54, 1.807) is 45.3 Å². The van der Waals surface area contributed by atoms with Crippen molar-refractivity contribution in [2.75, 3.05) is 26.2 Å². The van der Waals surface area contributed by atoms with E-state index in [-0.39, 0.29) is 23.6 Å². The minimum Gasteiger partial charge on any atom is -0.306 e. The summed E-state index contributed by atoms with van der Waals surface area (Å²) in [5, 5.41) is 4.08. The molecule has 0 aromatic carbocycles. The molecule has 8 rings (SSSR count). The number of hydrogen-bond donors (Lipinski definition) is 0. The monoisotopic (exact) mass is 1180 g/mol. The Morgan fingerprint density at radius 1 is 0.305 bits per heavy atom. The Bertz CT molecular complexity index is 2710. The highest BCUT2D eigenvalue weighted by Gasteiger charge is 2.50.